The standard InChI is InChI=1S/C20H18F2N4O3/c1-29-17-5-3-2-4-14(17)16-10-24-7-6-15(16)19(28)25-11-18(27)26-12-20(21,22)8-13(26)9-23/h2-7,10,13H,8,11-12H2,1H3,(H,25,28)/t13-/m0/s1. The molecule has 1 N–H and O–H groups in total. The number of alkyl halides is 2. The molecular formula is C20H18F2N4O3. The van der Waals surface area contributed by atoms with Crippen molar-refractivity contribution in [3.63, 3.8) is 0 Å². The summed E-state index contributed by atoms with van der Waals surface area (Å²) >= 11 is 0. The van der Waals surface area contributed by atoms with Gasteiger partial charge in [0.2, 0.25) is 5.91 Å². The zero-order valence-electron chi connectivity index (χ0n) is 15.6. The molecule has 0 spiro atoms. The Balaban J connectivity index is 1.76. The van der Waals surface area contributed by atoms with E-state index >= 15 is 0 Å². The number of pyridine rings is 1. The molecule has 150 valence electrons. The Bertz CT molecular complexity index is 974. The highest BCUT2D eigenvalue weighted by Gasteiger charge is 2.47. The third-order valence-electron chi connectivity index (χ3n) is 4.60. The molecule has 1 fully saturated rings. The van der Waals surface area contributed by atoms with Crippen molar-refractivity contribution in [1.29, 1.82) is 5.26 Å². The van der Waals surface area contributed by atoms with Gasteiger partial charge in [-0.2, -0.15) is 5.26 Å². The largest absolute Gasteiger partial charge is 0.496 e. The topological polar surface area (TPSA) is 95.3 Å². The summed E-state index contributed by atoms with van der Waals surface area (Å²) in [5, 5.41) is 11.4. The number of methoxy groups -OCH3 is 1. The molecule has 29 heavy (non-hydrogen) atoms. The average molecular weight is 400 g/mol. The molecule has 9 heteroatoms. The van der Waals surface area contributed by atoms with E-state index in [4.69, 9.17) is 10.00 Å². The number of amides is 2. The minimum absolute atomic E-state index is 0.251. The molecule has 2 aromatic rings. The first-order valence-electron chi connectivity index (χ1n) is 8.79. The highest BCUT2D eigenvalue weighted by atomic mass is 19.3. The second kappa shape index (κ2) is 8.22. The lowest BCUT2D eigenvalue weighted by Crippen LogP contribution is -2.43. The van der Waals surface area contributed by atoms with Crippen LogP contribution < -0.4 is 10.1 Å². The number of carbonyl (C=O) groups is 2. The number of nitrogens with one attached hydrogen (secondary N) is 1. The Kier molecular flexibility index (Phi) is 5.73. The second-order valence-corrected chi connectivity index (χ2v) is 6.53. The molecule has 7 nitrogen and oxygen atoms in total. The Morgan fingerprint density at radius 3 is 2.83 bits per heavy atom. The maximum absolute atomic E-state index is 13.5. The van der Waals surface area contributed by atoms with E-state index in [1.54, 1.807) is 30.3 Å². The Morgan fingerprint density at radius 1 is 1.34 bits per heavy atom. The van der Waals surface area contributed by atoms with Crippen LogP contribution in [0.15, 0.2) is 42.7 Å². The number of hydrogen-bond acceptors (Lipinski definition) is 5. The number of nitrogens with zero attached hydrogens (tertiary/aromatic N) is 3. The molecule has 2 heterocycles. The van der Waals surface area contributed by atoms with E-state index in [-0.39, 0.29) is 5.56 Å². The third kappa shape index (κ3) is 4.32. The van der Waals surface area contributed by atoms with Crippen LogP contribution in [0.2, 0.25) is 0 Å². The van der Waals surface area contributed by atoms with Gasteiger partial charge in [-0.25, -0.2) is 8.78 Å². The van der Waals surface area contributed by atoms with E-state index in [0.29, 0.717) is 16.9 Å². The average Bonchev–Trinajstić information content (AvgIpc) is 3.06. The van der Waals surface area contributed by atoms with Crippen LogP contribution in [0.3, 0.4) is 0 Å². The van der Waals surface area contributed by atoms with Crippen LogP contribution in [0.25, 0.3) is 11.1 Å². The quantitative estimate of drug-likeness (QED) is 0.831. The number of likely N-dealkylation sites (tertiary alicyclic amines) is 1. The minimum atomic E-state index is -3.11. The number of nitriles is 1. The molecule has 1 aromatic heterocycles. The summed E-state index contributed by atoms with van der Waals surface area (Å²) in [6.45, 7) is -1.33. The molecule has 3 rings (SSSR count). The van der Waals surface area contributed by atoms with Gasteiger partial charge in [0, 0.05) is 29.9 Å². The predicted molar refractivity (Wildman–Crippen MR) is 99.2 cm³/mol. The predicted octanol–water partition coefficient (Wildman–Crippen LogP) is 2.25. The zero-order valence-corrected chi connectivity index (χ0v) is 15.6. The van der Waals surface area contributed by atoms with Crippen molar-refractivity contribution in [3.05, 3.63) is 48.3 Å². The number of aromatic nitrogens is 1. The van der Waals surface area contributed by atoms with Gasteiger partial charge in [0.05, 0.1) is 31.8 Å². The SMILES string of the molecule is COc1ccccc1-c1cnccc1C(=O)NCC(=O)N1CC(F)(F)C[C@H]1C#N. The number of halogens is 2. The van der Waals surface area contributed by atoms with Crippen LogP contribution in [-0.4, -0.2) is 53.9 Å². The van der Waals surface area contributed by atoms with Crippen molar-refractivity contribution in [3.8, 4) is 22.9 Å². The van der Waals surface area contributed by atoms with Crippen molar-refractivity contribution in [2.45, 2.75) is 18.4 Å². The number of rotatable bonds is 5. The number of benzene rings is 1. The summed E-state index contributed by atoms with van der Waals surface area (Å²) < 4.78 is 32.4. The van der Waals surface area contributed by atoms with Gasteiger partial charge in [-0.1, -0.05) is 18.2 Å². The van der Waals surface area contributed by atoms with Gasteiger partial charge in [-0.05, 0) is 12.1 Å². The smallest absolute Gasteiger partial charge is 0.268 e. The van der Waals surface area contributed by atoms with E-state index < -0.39 is 43.3 Å². The molecule has 1 atom stereocenters. The maximum atomic E-state index is 13.5. The molecule has 0 saturated carbocycles. The summed E-state index contributed by atoms with van der Waals surface area (Å²) in [5.41, 5.74) is 1.39. The lowest BCUT2D eigenvalue weighted by Gasteiger charge is -2.19. The zero-order chi connectivity index (χ0) is 21.0. The molecule has 0 unspecified atom stereocenters. The molecule has 1 aliphatic rings. The van der Waals surface area contributed by atoms with Gasteiger partial charge in [-0.3, -0.25) is 14.6 Å². The van der Waals surface area contributed by atoms with Crippen molar-refractivity contribution in [1.82, 2.24) is 15.2 Å². The van der Waals surface area contributed by atoms with Gasteiger partial charge in [0.15, 0.2) is 0 Å². The van der Waals surface area contributed by atoms with Gasteiger partial charge in [0.25, 0.3) is 11.8 Å². The second-order valence-electron chi connectivity index (χ2n) is 6.53. The van der Waals surface area contributed by atoms with Gasteiger partial charge in [0.1, 0.15) is 11.8 Å². The normalized spacial score (nSPS) is 17.4. The number of hydrogen-bond donors (Lipinski definition) is 1. The van der Waals surface area contributed by atoms with E-state index in [0.717, 1.165) is 4.90 Å². The number of ether oxygens (including phenoxy) is 1. The van der Waals surface area contributed by atoms with Crippen LogP contribution in [0.1, 0.15) is 16.8 Å². The summed E-state index contributed by atoms with van der Waals surface area (Å²) in [5.74, 6) is -3.87. The van der Waals surface area contributed by atoms with Gasteiger partial charge >= 0.3 is 0 Å². The van der Waals surface area contributed by atoms with Crippen LogP contribution in [-0.2, 0) is 4.79 Å². The lowest BCUT2D eigenvalue weighted by molar-refractivity contribution is -0.131. The van der Waals surface area contributed by atoms with E-state index in [9.17, 15) is 18.4 Å². The molecule has 0 radical (unpaired) electrons. The fraction of sp³-hybridized carbons (Fsp3) is 0.300. The first kappa shape index (κ1) is 20.2. The molecule has 1 aliphatic heterocycles. The summed E-state index contributed by atoms with van der Waals surface area (Å²) in [7, 11) is 1.51. The number of carbonyl (C=O) groups excluding carboxylic acids is 2. The molecule has 0 aliphatic carbocycles. The fourth-order valence-corrected chi connectivity index (χ4v) is 3.22. The number of para-hydroxylation sites is 1. The molecular weight excluding hydrogens is 382 g/mol. The first-order chi connectivity index (χ1) is 13.9. The van der Waals surface area contributed by atoms with E-state index in [1.807, 2.05) is 0 Å². The Labute approximate surface area is 165 Å². The molecule has 1 aromatic carbocycles. The van der Waals surface area contributed by atoms with Crippen LogP contribution in [0.4, 0.5) is 8.78 Å². The molecule has 2 amide bonds. The summed E-state index contributed by atoms with van der Waals surface area (Å²) in [6.07, 6.45) is 2.23. The highest BCUT2D eigenvalue weighted by molar-refractivity contribution is 6.02. The van der Waals surface area contributed by atoms with Crippen molar-refractivity contribution in [2.24, 2.45) is 0 Å². The fourth-order valence-electron chi connectivity index (χ4n) is 3.22. The van der Waals surface area contributed by atoms with E-state index in [2.05, 4.69) is 10.3 Å². The lowest BCUT2D eigenvalue weighted by atomic mass is 10.0. The monoisotopic (exact) mass is 400 g/mol. The summed E-state index contributed by atoms with van der Waals surface area (Å²) in [6, 6.07) is 9.06. The van der Waals surface area contributed by atoms with Gasteiger partial charge < -0.3 is 15.0 Å². The Morgan fingerprint density at radius 2 is 2.10 bits per heavy atom. The van der Waals surface area contributed by atoms with E-state index in [1.165, 1.54) is 25.6 Å². The maximum Gasteiger partial charge on any atom is 0.268 e. The van der Waals surface area contributed by atoms with Crippen molar-refractivity contribution < 1.29 is 23.1 Å². The van der Waals surface area contributed by atoms with Gasteiger partial charge in [-0.15, -0.1) is 0 Å². The minimum Gasteiger partial charge on any atom is -0.496 e. The van der Waals surface area contributed by atoms with Crippen LogP contribution >= 0.6 is 0 Å². The van der Waals surface area contributed by atoms with Crippen LogP contribution in [0, 0.1) is 11.3 Å². The van der Waals surface area contributed by atoms with Crippen LogP contribution in [0.5, 0.6) is 5.75 Å². The molecule has 0 bridgehead atoms. The highest BCUT2D eigenvalue weighted by Crippen LogP contribution is 2.32. The Hall–Kier alpha value is -3.54. The van der Waals surface area contributed by atoms with Crippen molar-refractivity contribution in [2.75, 3.05) is 20.2 Å². The third-order valence-corrected chi connectivity index (χ3v) is 4.60. The first-order valence-corrected chi connectivity index (χ1v) is 8.79. The summed E-state index contributed by atoms with van der Waals surface area (Å²) in [4.78, 5) is 29.8. The molecule has 1 saturated heterocycles. The van der Waals surface area contributed by atoms with Crippen molar-refractivity contribution >= 4 is 11.8 Å².